The number of hydrogen-bond donors (Lipinski definition) is 3. The van der Waals surface area contributed by atoms with Gasteiger partial charge in [-0.15, -0.1) is 0 Å². The van der Waals surface area contributed by atoms with E-state index < -0.39 is 23.9 Å². The molecule has 1 rings (SSSR count). The second-order valence-corrected chi connectivity index (χ2v) is 3.29. The molecule has 0 aliphatic carbocycles. The summed E-state index contributed by atoms with van der Waals surface area (Å²) in [7, 11) is 0. The van der Waals surface area contributed by atoms with Crippen molar-refractivity contribution in [3.8, 4) is 0 Å². The number of aliphatic carboxylic acids is 1. The number of nitrogens with two attached hydrogens (primary N) is 1. The highest BCUT2D eigenvalue weighted by Crippen LogP contribution is 2.21. The van der Waals surface area contributed by atoms with Crippen LogP contribution in [0, 0.1) is 12.7 Å². The first-order valence-corrected chi connectivity index (χ1v) is 4.36. The number of halogens is 1. The average molecular weight is 213 g/mol. The Labute approximate surface area is 86.1 Å². The molecule has 2 atom stereocenters. The molecule has 15 heavy (non-hydrogen) atoms. The minimum Gasteiger partial charge on any atom is -0.480 e. The maximum atomic E-state index is 13.5. The van der Waals surface area contributed by atoms with E-state index in [-0.39, 0.29) is 5.56 Å². The summed E-state index contributed by atoms with van der Waals surface area (Å²) in [6.45, 7) is 1.53. The van der Waals surface area contributed by atoms with Gasteiger partial charge in [0.15, 0.2) is 0 Å². The van der Waals surface area contributed by atoms with Crippen molar-refractivity contribution in [2.45, 2.75) is 19.1 Å². The van der Waals surface area contributed by atoms with E-state index in [4.69, 9.17) is 10.8 Å². The van der Waals surface area contributed by atoms with Crippen molar-refractivity contribution in [3.63, 3.8) is 0 Å². The molecule has 0 aromatic heterocycles. The Balaban J connectivity index is 3.06. The van der Waals surface area contributed by atoms with Gasteiger partial charge in [-0.2, -0.15) is 0 Å². The van der Waals surface area contributed by atoms with Crippen molar-refractivity contribution in [1.82, 2.24) is 0 Å². The number of carboxylic acids is 1. The summed E-state index contributed by atoms with van der Waals surface area (Å²) in [5.41, 5.74) is 5.44. The maximum Gasteiger partial charge on any atom is 0.323 e. The molecule has 5 heteroatoms. The van der Waals surface area contributed by atoms with Gasteiger partial charge >= 0.3 is 5.97 Å². The number of rotatable bonds is 3. The van der Waals surface area contributed by atoms with E-state index in [0.717, 1.165) is 0 Å². The van der Waals surface area contributed by atoms with Gasteiger partial charge in [-0.25, -0.2) is 4.39 Å². The second-order valence-electron chi connectivity index (χ2n) is 3.29. The predicted octanol–water partition coefficient (Wildman–Crippen LogP) is 0.579. The highest BCUT2D eigenvalue weighted by atomic mass is 19.1. The van der Waals surface area contributed by atoms with Crippen LogP contribution in [0.4, 0.5) is 4.39 Å². The molecule has 0 aliphatic rings. The van der Waals surface area contributed by atoms with Crippen molar-refractivity contribution in [3.05, 3.63) is 35.1 Å². The van der Waals surface area contributed by atoms with Crippen molar-refractivity contribution in [2.75, 3.05) is 0 Å². The molecular weight excluding hydrogens is 201 g/mol. The first-order chi connectivity index (χ1) is 6.95. The zero-order valence-corrected chi connectivity index (χ0v) is 8.14. The van der Waals surface area contributed by atoms with Crippen LogP contribution in [0.2, 0.25) is 0 Å². The Bertz CT molecular complexity index is 381. The van der Waals surface area contributed by atoms with Gasteiger partial charge in [0.1, 0.15) is 18.0 Å². The Kier molecular flexibility index (Phi) is 3.39. The molecule has 0 aliphatic heterocycles. The van der Waals surface area contributed by atoms with Gasteiger partial charge in [-0.1, -0.05) is 18.2 Å². The number of carboxylic acid groups (broad SMARTS) is 1. The largest absolute Gasteiger partial charge is 0.480 e. The summed E-state index contributed by atoms with van der Waals surface area (Å²) in [6.07, 6.45) is -1.54. The topological polar surface area (TPSA) is 83.5 Å². The van der Waals surface area contributed by atoms with Gasteiger partial charge in [0, 0.05) is 5.56 Å². The third kappa shape index (κ3) is 2.31. The highest BCUT2D eigenvalue weighted by molar-refractivity contribution is 5.74. The molecule has 4 N–H and O–H groups in total. The van der Waals surface area contributed by atoms with Gasteiger partial charge in [0.05, 0.1) is 0 Å². The van der Waals surface area contributed by atoms with Gasteiger partial charge in [-0.05, 0) is 12.5 Å². The van der Waals surface area contributed by atoms with Gasteiger partial charge in [-0.3, -0.25) is 4.79 Å². The van der Waals surface area contributed by atoms with Crippen molar-refractivity contribution in [1.29, 1.82) is 0 Å². The molecule has 0 spiro atoms. The smallest absolute Gasteiger partial charge is 0.323 e. The number of aliphatic hydroxyl groups is 1. The fourth-order valence-electron chi connectivity index (χ4n) is 1.23. The molecule has 82 valence electrons. The fourth-order valence-corrected chi connectivity index (χ4v) is 1.23. The third-order valence-corrected chi connectivity index (χ3v) is 2.17. The molecule has 0 saturated carbocycles. The molecule has 0 amide bonds. The average Bonchev–Trinajstić information content (AvgIpc) is 2.20. The van der Waals surface area contributed by atoms with E-state index in [2.05, 4.69) is 0 Å². The quantitative estimate of drug-likeness (QED) is 0.685. The summed E-state index contributed by atoms with van der Waals surface area (Å²) < 4.78 is 13.5. The van der Waals surface area contributed by atoms with E-state index in [9.17, 15) is 14.3 Å². The fraction of sp³-hybridized carbons (Fsp3) is 0.300. The Hall–Kier alpha value is -1.46. The van der Waals surface area contributed by atoms with Gasteiger partial charge < -0.3 is 15.9 Å². The van der Waals surface area contributed by atoms with Crippen LogP contribution in [-0.2, 0) is 4.79 Å². The second kappa shape index (κ2) is 4.37. The molecule has 0 saturated heterocycles. The third-order valence-electron chi connectivity index (χ3n) is 2.17. The molecule has 0 fully saturated rings. The Morgan fingerprint density at radius 1 is 1.53 bits per heavy atom. The standard InChI is InChI=1S/C10H12FNO3/c1-5-3-2-4-6(7(5)11)9(13)8(12)10(14)15/h2-4,8-9,13H,12H2,1H3,(H,14,15). The van der Waals surface area contributed by atoms with Gasteiger partial charge in [0.2, 0.25) is 0 Å². The lowest BCUT2D eigenvalue weighted by molar-refractivity contribution is -0.141. The molecule has 1 aromatic rings. The molecule has 2 unspecified atom stereocenters. The zero-order chi connectivity index (χ0) is 11.6. The van der Waals surface area contributed by atoms with E-state index in [1.807, 2.05) is 0 Å². The minimum atomic E-state index is -1.54. The van der Waals surface area contributed by atoms with Crippen LogP contribution in [0.3, 0.4) is 0 Å². The van der Waals surface area contributed by atoms with Crippen molar-refractivity contribution in [2.24, 2.45) is 5.73 Å². The molecule has 1 aromatic carbocycles. The van der Waals surface area contributed by atoms with E-state index in [1.54, 1.807) is 0 Å². The van der Waals surface area contributed by atoms with Crippen LogP contribution in [0.5, 0.6) is 0 Å². The molecule has 0 radical (unpaired) electrons. The van der Waals surface area contributed by atoms with Crippen LogP contribution in [-0.4, -0.2) is 22.2 Å². The SMILES string of the molecule is Cc1cccc(C(O)C(N)C(=O)O)c1F. The first-order valence-electron chi connectivity index (χ1n) is 4.36. The molecule has 0 heterocycles. The van der Waals surface area contributed by atoms with E-state index >= 15 is 0 Å². The number of aryl methyl sites for hydroxylation is 1. The number of hydrogen-bond acceptors (Lipinski definition) is 3. The summed E-state index contributed by atoms with van der Waals surface area (Å²) in [4.78, 5) is 10.5. The molecular formula is C10H12FNO3. The lowest BCUT2D eigenvalue weighted by Crippen LogP contribution is -2.36. The van der Waals surface area contributed by atoms with Gasteiger partial charge in [0.25, 0.3) is 0 Å². The van der Waals surface area contributed by atoms with Crippen molar-refractivity contribution >= 4 is 5.97 Å². The van der Waals surface area contributed by atoms with Crippen LogP contribution < -0.4 is 5.73 Å². The van der Waals surface area contributed by atoms with Crippen LogP contribution in [0.15, 0.2) is 18.2 Å². The van der Waals surface area contributed by atoms with Crippen LogP contribution in [0.25, 0.3) is 0 Å². The highest BCUT2D eigenvalue weighted by Gasteiger charge is 2.26. The number of benzene rings is 1. The van der Waals surface area contributed by atoms with E-state index in [0.29, 0.717) is 5.56 Å². The minimum absolute atomic E-state index is 0.0927. The lowest BCUT2D eigenvalue weighted by atomic mass is 10.0. The molecule has 0 bridgehead atoms. The summed E-state index contributed by atoms with van der Waals surface area (Å²) in [5, 5.41) is 18.1. The van der Waals surface area contributed by atoms with Crippen LogP contribution in [0.1, 0.15) is 17.2 Å². The molecule has 4 nitrogen and oxygen atoms in total. The zero-order valence-electron chi connectivity index (χ0n) is 8.14. The lowest BCUT2D eigenvalue weighted by Gasteiger charge is -2.16. The summed E-state index contributed by atoms with van der Waals surface area (Å²) in [5.74, 6) is -2.00. The monoisotopic (exact) mass is 213 g/mol. The summed E-state index contributed by atoms with van der Waals surface area (Å²) in [6, 6.07) is 2.85. The predicted molar refractivity (Wildman–Crippen MR) is 51.7 cm³/mol. The number of carbonyl (C=O) groups is 1. The van der Waals surface area contributed by atoms with E-state index in [1.165, 1.54) is 25.1 Å². The number of aliphatic hydroxyl groups excluding tert-OH is 1. The normalized spacial score (nSPS) is 14.7. The Morgan fingerprint density at radius 2 is 2.13 bits per heavy atom. The first kappa shape index (κ1) is 11.6. The summed E-state index contributed by atoms with van der Waals surface area (Å²) >= 11 is 0. The van der Waals surface area contributed by atoms with Crippen LogP contribution >= 0.6 is 0 Å². The Morgan fingerprint density at radius 3 is 2.67 bits per heavy atom. The van der Waals surface area contributed by atoms with Crippen molar-refractivity contribution < 1.29 is 19.4 Å². The maximum absolute atomic E-state index is 13.5.